The van der Waals surface area contributed by atoms with E-state index in [-0.39, 0.29) is 5.54 Å². The third kappa shape index (κ3) is 2.76. The van der Waals surface area contributed by atoms with Gasteiger partial charge in [0.15, 0.2) is 0 Å². The SMILES string of the molecule is COC1CCC(CN)(N(C)Cc2ccoc2)CC1. The summed E-state index contributed by atoms with van der Waals surface area (Å²) in [4.78, 5) is 2.38. The second-order valence-electron chi connectivity index (χ2n) is 5.35. The minimum Gasteiger partial charge on any atom is -0.472 e. The molecule has 0 radical (unpaired) electrons. The number of furan rings is 1. The van der Waals surface area contributed by atoms with Crippen LogP contribution in [0.15, 0.2) is 23.0 Å². The molecule has 4 nitrogen and oxygen atoms in total. The maximum Gasteiger partial charge on any atom is 0.0947 e. The highest BCUT2D eigenvalue weighted by atomic mass is 16.5. The van der Waals surface area contributed by atoms with E-state index < -0.39 is 0 Å². The van der Waals surface area contributed by atoms with Gasteiger partial charge in [-0.1, -0.05) is 0 Å². The van der Waals surface area contributed by atoms with E-state index in [0.717, 1.165) is 32.2 Å². The molecule has 0 aliphatic heterocycles. The van der Waals surface area contributed by atoms with Crippen LogP contribution in [0.5, 0.6) is 0 Å². The van der Waals surface area contributed by atoms with Gasteiger partial charge in [0.2, 0.25) is 0 Å². The minimum absolute atomic E-state index is 0.117. The topological polar surface area (TPSA) is 51.6 Å². The normalized spacial score (nSPS) is 28.8. The zero-order chi connectivity index (χ0) is 13.0. The van der Waals surface area contributed by atoms with Gasteiger partial charge in [-0.05, 0) is 38.8 Å². The van der Waals surface area contributed by atoms with Crippen molar-refractivity contribution >= 4 is 0 Å². The van der Waals surface area contributed by atoms with Crippen LogP contribution in [0.1, 0.15) is 31.2 Å². The Morgan fingerprint density at radius 1 is 1.50 bits per heavy atom. The van der Waals surface area contributed by atoms with Crippen LogP contribution >= 0.6 is 0 Å². The second-order valence-corrected chi connectivity index (χ2v) is 5.35. The number of hydrogen-bond acceptors (Lipinski definition) is 4. The van der Waals surface area contributed by atoms with E-state index in [1.807, 2.05) is 12.3 Å². The molecule has 2 rings (SSSR count). The Bertz CT molecular complexity index is 343. The fraction of sp³-hybridized carbons (Fsp3) is 0.714. The fourth-order valence-electron chi connectivity index (χ4n) is 2.93. The number of nitrogens with two attached hydrogens (primary N) is 1. The number of hydrogen-bond donors (Lipinski definition) is 1. The molecule has 0 aromatic carbocycles. The van der Waals surface area contributed by atoms with Gasteiger partial charge >= 0.3 is 0 Å². The zero-order valence-corrected chi connectivity index (χ0v) is 11.4. The largest absolute Gasteiger partial charge is 0.472 e. The molecule has 1 saturated carbocycles. The summed E-state index contributed by atoms with van der Waals surface area (Å²) in [7, 11) is 3.96. The molecule has 1 heterocycles. The first-order chi connectivity index (χ1) is 8.70. The zero-order valence-electron chi connectivity index (χ0n) is 11.4. The average Bonchev–Trinajstić information content (AvgIpc) is 2.91. The van der Waals surface area contributed by atoms with Gasteiger partial charge in [0.05, 0.1) is 18.6 Å². The van der Waals surface area contributed by atoms with Crippen molar-refractivity contribution in [2.45, 2.75) is 43.9 Å². The Morgan fingerprint density at radius 2 is 2.22 bits per heavy atom. The van der Waals surface area contributed by atoms with Crippen molar-refractivity contribution in [2.24, 2.45) is 5.73 Å². The van der Waals surface area contributed by atoms with E-state index in [0.29, 0.717) is 12.6 Å². The number of likely N-dealkylation sites (N-methyl/N-ethyl adjacent to an activating group) is 1. The number of ether oxygens (including phenoxy) is 1. The smallest absolute Gasteiger partial charge is 0.0947 e. The van der Waals surface area contributed by atoms with E-state index >= 15 is 0 Å². The number of methoxy groups -OCH3 is 1. The van der Waals surface area contributed by atoms with Gasteiger partial charge in [0, 0.05) is 31.3 Å². The minimum atomic E-state index is 0.117. The van der Waals surface area contributed by atoms with Gasteiger partial charge in [0.25, 0.3) is 0 Å². The third-order valence-electron chi connectivity index (χ3n) is 4.39. The van der Waals surface area contributed by atoms with Gasteiger partial charge in [-0.25, -0.2) is 0 Å². The van der Waals surface area contributed by atoms with Gasteiger partial charge in [-0.3, -0.25) is 4.90 Å². The molecule has 102 valence electrons. The monoisotopic (exact) mass is 252 g/mol. The average molecular weight is 252 g/mol. The highest BCUT2D eigenvalue weighted by Gasteiger charge is 2.37. The van der Waals surface area contributed by atoms with Crippen LogP contribution < -0.4 is 5.73 Å². The summed E-state index contributed by atoms with van der Waals surface area (Å²) in [5.74, 6) is 0. The quantitative estimate of drug-likeness (QED) is 0.871. The number of rotatable bonds is 5. The molecule has 1 aromatic rings. The Labute approximate surface area is 109 Å². The molecule has 0 spiro atoms. The molecule has 1 aliphatic carbocycles. The summed E-state index contributed by atoms with van der Waals surface area (Å²) in [6.45, 7) is 1.60. The third-order valence-corrected chi connectivity index (χ3v) is 4.39. The maximum atomic E-state index is 6.05. The van der Waals surface area contributed by atoms with Crippen LogP contribution in [0.2, 0.25) is 0 Å². The Morgan fingerprint density at radius 3 is 2.72 bits per heavy atom. The van der Waals surface area contributed by atoms with Gasteiger partial charge in [-0.2, -0.15) is 0 Å². The first-order valence-corrected chi connectivity index (χ1v) is 6.65. The molecule has 0 saturated heterocycles. The summed E-state index contributed by atoms with van der Waals surface area (Å²) in [6.07, 6.45) is 8.35. The Balaban J connectivity index is 1.99. The van der Waals surface area contributed by atoms with Crippen molar-refractivity contribution in [2.75, 3.05) is 20.7 Å². The van der Waals surface area contributed by atoms with Crippen molar-refractivity contribution < 1.29 is 9.15 Å². The highest BCUT2D eigenvalue weighted by Crippen LogP contribution is 2.34. The fourth-order valence-corrected chi connectivity index (χ4v) is 2.93. The molecule has 0 amide bonds. The lowest BCUT2D eigenvalue weighted by Crippen LogP contribution is -2.54. The summed E-state index contributed by atoms with van der Waals surface area (Å²) in [5.41, 5.74) is 7.37. The van der Waals surface area contributed by atoms with Crippen LogP contribution in [0, 0.1) is 0 Å². The highest BCUT2D eigenvalue weighted by molar-refractivity contribution is 5.07. The number of nitrogens with zero attached hydrogens (tertiary/aromatic N) is 1. The molecule has 18 heavy (non-hydrogen) atoms. The van der Waals surface area contributed by atoms with Crippen LogP contribution in [-0.4, -0.2) is 37.2 Å². The van der Waals surface area contributed by atoms with Crippen molar-refractivity contribution in [1.29, 1.82) is 0 Å². The summed E-state index contributed by atoms with van der Waals surface area (Å²) in [6, 6.07) is 2.02. The lowest BCUT2D eigenvalue weighted by Gasteiger charge is -2.45. The van der Waals surface area contributed by atoms with Gasteiger partial charge in [-0.15, -0.1) is 0 Å². The van der Waals surface area contributed by atoms with Crippen LogP contribution in [0.3, 0.4) is 0 Å². The van der Waals surface area contributed by atoms with Gasteiger partial charge in [0.1, 0.15) is 0 Å². The first kappa shape index (κ1) is 13.6. The molecule has 4 heteroatoms. The van der Waals surface area contributed by atoms with Crippen molar-refractivity contribution in [3.8, 4) is 0 Å². The molecule has 2 N–H and O–H groups in total. The molecule has 0 atom stereocenters. The molecular weight excluding hydrogens is 228 g/mol. The summed E-state index contributed by atoms with van der Waals surface area (Å²) < 4.78 is 10.6. The molecule has 0 bridgehead atoms. The molecule has 1 fully saturated rings. The summed E-state index contributed by atoms with van der Waals surface area (Å²) >= 11 is 0. The van der Waals surface area contributed by atoms with E-state index in [1.165, 1.54) is 5.56 Å². The summed E-state index contributed by atoms with van der Waals surface area (Å²) in [5, 5.41) is 0. The standard InChI is InChI=1S/C14H24N2O2/c1-16(9-12-5-8-18-10-12)14(11-15)6-3-13(17-2)4-7-14/h5,8,10,13H,3-4,6-7,9,11,15H2,1-2H3. The maximum absolute atomic E-state index is 6.05. The Kier molecular flexibility index (Phi) is 4.43. The van der Waals surface area contributed by atoms with E-state index in [9.17, 15) is 0 Å². The van der Waals surface area contributed by atoms with Crippen molar-refractivity contribution in [3.05, 3.63) is 24.2 Å². The molecule has 1 aliphatic rings. The van der Waals surface area contributed by atoms with Crippen LogP contribution in [-0.2, 0) is 11.3 Å². The molecule has 1 aromatic heterocycles. The van der Waals surface area contributed by atoms with Gasteiger partial charge < -0.3 is 14.9 Å². The second kappa shape index (κ2) is 5.87. The van der Waals surface area contributed by atoms with Crippen molar-refractivity contribution in [3.63, 3.8) is 0 Å². The first-order valence-electron chi connectivity index (χ1n) is 6.65. The Hall–Kier alpha value is -0.840. The van der Waals surface area contributed by atoms with E-state index in [2.05, 4.69) is 11.9 Å². The lowest BCUT2D eigenvalue weighted by molar-refractivity contribution is 0.000452. The molecular formula is C14H24N2O2. The van der Waals surface area contributed by atoms with Crippen LogP contribution in [0.25, 0.3) is 0 Å². The molecule has 0 unspecified atom stereocenters. The van der Waals surface area contributed by atoms with Crippen molar-refractivity contribution in [1.82, 2.24) is 4.90 Å². The predicted molar refractivity (Wildman–Crippen MR) is 71.2 cm³/mol. The van der Waals surface area contributed by atoms with E-state index in [1.54, 1.807) is 13.4 Å². The van der Waals surface area contributed by atoms with Crippen LogP contribution in [0.4, 0.5) is 0 Å². The predicted octanol–water partition coefficient (Wildman–Crippen LogP) is 2.00. The van der Waals surface area contributed by atoms with E-state index in [4.69, 9.17) is 14.9 Å². The lowest BCUT2D eigenvalue weighted by atomic mass is 9.79.